The Morgan fingerprint density at radius 1 is 1.03 bits per heavy atom. The topological polar surface area (TPSA) is 97.2 Å². The first-order valence-electron chi connectivity index (χ1n) is 12.5. The van der Waals surface area contributed by atoms with Crippen LogP contribution in [0.25, 0.3) is 11.0 Å². The second kappa shape index (κ2) is 10.5. The first kappa shape index (κ1) is 25.0. The van der Waals surface area contributed by atoms with E-state index in [0.717, 1.165) is 42.7 Å². The van der Waals surface area contributed by atoms with Gasteiger partial charge in [0.25, 0.3) is 0 Å². The van der Waals surface area contributed by atoms with Gasteiger partial charge < -0.3 is 10.6 Å². The van der Waals surface area contributed by atoms with Crippen molar-refractivity contribution in [2.24, 2.45) is 12.5 Å². The zero-order chi connectivity index (χ0) is 24.2. The zero-order valence-corrected chi connectivity index (χ0v) is 20.7. The molecule has 2 amide bonds. The predicted octanol–water partition coefficient (Wildman–Crippen LogP) is 3.31. The molecule has 0 bridgehead atoms. The summed E-state index contributed by atoms with van der Waals surface area (Å²) in [4.78, 5) is 36.9. The number of aryl methyl sites for hydroxylation is 1. The Hall–Kier alpha value is -2.61. The fourth-order valence-corrected chi connectivity index (χ4v) is 5.46. The van der Waals surface area contributed by atoms with Crippen LogP contribution in [0.15, 0.2) is 23.0 Å². The summed E-state index contributed by atoms with van der Waals surface area (Å²) in [6.07, 6.45) is 5.38. The van der Waals surface area contributed by atoms with E-state index in [-0.39, 0.29) is 18.0 Å². The maximum absolute atomic E-state index is 13.0. The number of fused-ring (bicyclic) bond motifs is 1. The van der Waals surface area contributed by atoms with Gasteiger partial charge in [-0.1, -0.05) is 33.8 Å². The van der Waals surface area contributed by atoms with Crippen molar-refractivity contribution in [2.45, 2.75) is 78.3 Å². The molecule has 3 fully saturated rings. The zero-order valence-electron chi connectivity index (χ0n) is 20.7. The summed E-state index contributed by atoms with van der Waals surface area (Å²) in [5.74, 6) is -0.681. The maximum Gasteiger partial charge on any atom is 0.329 e. The number of amides is 2. The SMILES string of the molecule is CC.CC.Cn1c(=O)n(C2CCC(=O)NC2=O)c2cccc(NC3CC4(CCNCC4)C3)c21. The minimum atomic E-state index is -0.652. The van der Waals surface area contributed by atoms with Crippen molar-refractivity contribution in [3.8, 4) is 0 Å². The van der Waals surface area contributed by atoms with Crippen LogP contribution in [0.2, 0.25) is 0 Å². The molecule has 1 spiro atoms. The van der Waals surface area contributed by atoms with Gasteiger partial charge in [-0.25, -0.2) is 4.79 Å². The number of hydrogen-bond donors (Lipinski definition) is 3. The standard InChI is InChI=1S/C21H27N5O3.2C2H6/c1-25-18-14(23-13-11-21(12-13)7-9-22-10-8-21)3-2-4-15(18)26(20(25)29)16-5-6-17(27)24-19(16)28;2*1-2/h2-4,13,16,22-23H,5-12H2,1H3,(H,24,27,28);2*1-2H3. The van der Waals surface area contributed by atoms with Crippen LogP contribution in [0.4, 0.5) is 5.69 Å². The number of nitrogens with zero attached hydrogens (tertiary/aromatic N) is 2. The molecule has 0 radical (unpaired) electrons. The molecule has 3 aliphatic rings. The molecule has 3 heterocycles. The number of carbonyl (C=O) groups excluding carboxylic acids is 2. The highest BCUT2D eigenvalue weighted by Gasteiger charge is 2.44. The smallest absolute Gasteiger partial charge is 0.329 e. The average Bonchev–Trinajstić information content (AvgIpc) is 3.07. The third-order valence-electron chi connectivity index (χ3n) is 7.01. The molecule has 5 rings (SSSR count). The van der Waals surface area contributed by atoms with Crippen LogP contribution in [0.5, 0.6) is 0 Å². The van der Waals surface area contributed by atoms with Crippen LogP contribution in [0.1, 0.15) is 72.3 Å². The number of anilines is 1. The van der Waals surface area contributed by atoms with Gasteiger partial charge in [0.1, 0.15) is 6.04 Å². The Kier molecular flexibility index (Phi) is 8.00. The number of rotatable bonds is 3. The molecule has 3 N–H and O–H groups in total. The molecule has 2 aromatic rings. The fourth-order valence-electron chi connectivity index (χ4n) is 5.46. The number of aromatic nitrogens is 2. The lowest BCUT2D eigenvalue weighted by Gasteiger charge is -2.51. The first-order valence-corrected chi connectivity index (χ1v) is 12.5. The average molecular weight is 458 g/mol. The Morgan fingerprint density at radius 2 is 1.70 bits per heavy atom. The molecular formula is C25H39N5O3. The minimum absolute atomic E-state index is 0.229. The predicted molar refractivity (Wildman–Crippen MR) is 132 cm³/mol. The van der Waals surface area contributed by atoms with Gasteiger partial charge in [0.2, 0.25) is 11.8 Å². The van der Waals surface area contributed by atoms with Crippen LogP contribution in [0.3, 0.4) is 0 Å². The van der Waals surface area contributed by atoms with E-state index in [9.17, 15) is 14.4 Å². The molecule has 182 valence electrons. The third kappa shape index (κ3) is 4.71. The van der Waals surface area contributed by atoms with E-state index in [0.29, 0.717) is 17.9 Å². The van der Waals surface area contributed by atoms with Crippen LogP contribution >= 0.6 is 0 Å². The summed E-state index contributed by atoms with van der Waals surface area (Å²) in [6, 6.07) is 5.56. The van der Waals surface area contributed by atoms with Gasteiger partial charge in [0.05, 0.1) is 16.7 Å². The number of hydrogen-bond acceptors (Lipinski definition) is 5. The van der Waals surface area contributed by atoms with Crippen LogP contribution in [0, 0.1) is 5.41 Å². The Labute approximate surface area is 196 Å². The molecule has 1 atom stereocenters. The number of carbonyl (C=O) groups is 2. The summed E-state index contributed by atoms with van der Waals surface area (Å²) in [5.41, 5.74) is 2.72. The van der Waals surface area contributed by atoms with E-state index in [1.807, 2.05) is 45.9 Å². The monoisotopic (exact) mass is 457 g/mol. The van der Waals surface area contributed by atoms with E-state index < -0.39 is 11.9 Å². The largest absolute Gasteiger partial charge is 0.381 e. The van der Waals surface area contributed by atoms with Gasteiger partial charge in [-0.15, -0.1) is 0 Å². The van der Waals surface area contributed by atoms with Gasteiger partial charge in [-0.05, 0) is 62.7 Å². The van der Waals surface area contributed by atoms with Crippen LogP contribution < -0.4 is 21.6 Å². The Balaban J connectivity index is 0.000000728. The van der Waals surface area contributed by atoms with Crippen molar-refractivity contribution in [1.82, 2.24) is 19.8 Å². The van der Waals surface area contributed by atoms with Gasteiger partial charge in [-0.2, -0.15) is 0 Å². The third-order valence-corrected chi connectivity index (χ3v) is 7.01. The number of piperidine rings is 2. The molecule has 1 saturated carbocycles. The summed E-state index contributed by atoms with van der Waals surface area (Å²) < 4.78 is 3.15. The Morgan fingerprint density at radius 3 is 2.33 bits per heavy atom. The number of imidazole rings is 1. The maximum atomic E-state index is 13.0. The lowest BCUT2D eigenvalue weighted by Crippen LogP contribution is -2.50. The number of benzene rings is 1. The van der Waals surface area contributed by atoms with Gasteiger partial charge in [-0.3, -0.25) is 24.0 Å². The Bertz CT molecular complexity index is 1040. The molecular weight excluding hydrogens is 418 g/mol. The van der Waals surface area contributed by atoms with Gasteiger partial charge in [0, 0.05) is 19.5 Å². The number of para-hydroxylation sites is 1. The second-order valence-corrected chi connectivity index (χ2v) is 8.85. The normalized spacial score (nSPS) is 21.9. The quantitative estimate of drug-likeness (QED) is 0.615. The molecule has 2 aliphatic heterocycles. The number of imide groups is 1. The molecule has 1 unspecified atom stereocenters. The van der Waals surface area contributed by atoms with Crippen molar-refractivity contribution < 1.29 is 9.59 Å². The fraction of sp³-hybridized carbons (Fsp3) is 0.640. The highest BCUT2D eigenvalue weighted by Crippen LogP contribution is 2.49. The molecule has 33 heavy (non-hydrogen) atoms. The van der Waals surface area contributed by atoms with Crippen molar-refractivity contribution in [3.05, 3.63) is 28.7 Å². The van der Waals surface area contributed by atoms with Gasteiger partial charge >= 0.3 is 5.69 Å². The van der Waals surface area contributed by atoms with Crippen LogP contribution in [-0.4, -0.2) is 40.1 Å². The van der Waals surface area contributed by atoms with Crippen molar-refractivity contribution in [2.75, 3.05) is 18.4 Å². The highest BCUT2D eigenvalue weighted by atomic mass is 16.2. The molecule has 1 aromatic heterocycles. The van der Waals surface area contributed by atoms with Crippen molar-refractivity contribution in [3.63, 3.8) is 0 Å². The second-order valence-electron chi connectivity index (χ2n) is 8.85. The highest BCUT2D eigenvalue weighted by molar-refractivity contribution is 6.00. The molecule has 2 saturated heterocycles. The lowest BCUT2D eigenvalue weighted by atomic mass is 9.60. The van der Waals surface area contributed by atoms with E-state index in [1.54, 1.807) is 11.6 Å². The van der Waals surface area contributed by atoms with E-state index in [1.165, 1.54) is 17.4 Å². The molecule has 8 heteroatoms. The number of nitrogens with one attached hydrogen (secondary N) is 3. The van der Waals surface area contributed by atoms with Gasteiger partial charge in [0.15, 0.2) is 0 Å². The summed E-state index contributed by atoms with van der Waals surface area (Å²) in [6.45, 7) is 10.2. The summed E-state index contributed by atoms with van der Waals surface area (Å²) >= 11 is 0. The van der Waals surface area contributed by atoms with E-state index in [2.05, 4.69) is 16.0 Å². The molecule has 1 aromatic carbocycles. The van der Waals surface area contributed by atoms with E-state index >= 15 is 0 Å². The van der Waals surface area contributed by atoms with E-state index in [4.69, 9.17) is 0 Å². The minimum Gasteiger partial charge on any atom is -0.381 e. The summed E-state index contributed by atoms with van der Waals surface area (Å²) in [7, 11) is 1.74. The van der Waals surface area contributed by atoms with Crippen molar-refractivity contribution in [1.29, 1.82) is 0 Å². The van der Waals surface area contributed by atoms with Crippen molar-refractivity contribution >= 4 is 28.5 Å². The van der Waals surface area contributed by atoms with Crippen LogP contribution in [-0.2, 0) is 16.6 Å². The molecule has 8 nitrogen and oxygen atoms in total. The summed E-state index contributed by atoms with van der Waals surface area (Å²) in [5, 5.41) is 9.44. The first-order chi connectivity index (χ1) is 16.0. The lowest BCUT2D eigenvalue weighted by molar-refractivity contribution is -0.135. The molecule has 1 aliphatic carbocycles.